The van der Waals surface area contributed by atoms with Gasteiger partial charge in [-0.2, -0.15) is 10.2 Å². The average Bonchev–Trinajstić information content (AvgIpc) is 3.53. The van der Waals surface area contributed by atoms with Crippen LogP contribution in [0.2, 0.25) is 0 Å². The summed E-state index contributed by atoms with van der Waals surface area (Å²) in [6.45, 7) is 1.55. The van der Waals surface area contributed by atoms with Crippen LogP contribution >= 0.6 is 0 Å². The molecule has 0 bridgehead atoms. The maximum atomic E-state index is 11.3. The van der Waals surface area contributed by atoms with Gasteiger partial charge in [0.1, 0.15) is 5.69 Å². The van der Waals surface area contributed by atoms with Gasteiger partial charge in [-0.05, 0) is 49.5 Å². The number of rotatable bonds is 4. The number of carboxylic acid groups (broad SMARTS) is 1. The van der Waals surface area contributed by atoms with Gasteiger partial charge in [0.05, 0.1) is 35.0 Å². The molecule has 2 aliphatic heterocycles. The number of amides is 1. The molecule has 1 atom stereocenters. The molecule has 6 heterocycles. The summed E-state index contributed by atoms with van der Waals surface area (Å²) >= 11 is 0. The fraction of sp³-hybridized carbons (Fsp3) is 0.346. The fourth-order valence-electron chi connectivity index (χ4n) is 4.89. The molecular weight excluding hydrogens is 458 g/mol. The molecule has 1 saturated heterocycles. The van der Waals surface area contributed by atoms with Crippen molar-refractivity contribution in [1.29, 1.82) is 0 Å². The standard InChI is InChI=1S/C26H27N7O3/c1-31-16-18(14-28-31)22-13-19-23(15-27-22)33(24-7-2-3-12-36-24)30-25(19)21-6-4-5-20(29-21)17-8-10-32(11-9-17)26(34)35/h4-6,8,13-16,24H,2-3,7,9-12H2,1H3,(H,34,35). The highest BCUT2D eigenvalue weighted by molar-refractivity contribution is 5.94. The molecule has 1 N–H and O–H groups in total. The van der Waals surface area contributed by atoms with Gasteiger partial charge in [-0.3, -0.25) is 9.67 Å². The number of aryl methyl sites for hydroxylation is 1. The summed E-state index contributed by atoms with van der Waals surface area (Å²) in [6, 6.07) is 7.96. The minimum atomic E-state index is -0.896. The van der Waals surface area contributed by atoms with Crippen LogP contribution in [0.4, 0.5) is 4.79 Å². The number of pyridine rings is 2. The second-order valence-corrected chi connectivity index (χ2v) is 9.22. The molecule has 36 heavy (non-hydrogen) atoms. The maximum absolute atomic E-state index is 11.3. The Hall–Kier alpha value is -4.05. The Balaban J connectivity index is 1.44. The van der Waals surface area contributed by atoms with E-state index in [4.69, 9.17) is 19.8 Å². The first kappa shape index (κ1) is 22.4. The number of fused-ring (bicyclic) bond motifs is 1. The van der Waals surface area contributed by atoms with Crippen molar-refractivity contribution in [2.75, 3.05) is 19.7 Å². The van der Waals surface area contributed by atoms with Crippen LogP contribution in [0, 0.1) is 0 Å². The number of carbonyl (C=O) groups is 1. The van der Waals surface area contributed by atoms with Gasteiger partial charge < -0.3 is 14.7 Å². The molecule has 0 radical (unpaired) electrons. The van der Waals surface area contributed by atoms with E-state index in [-0.39, 0.29) is 6.23 Å². The largest absolute Gasteiger partial charge is 0.465 e. The Morgan fingerprint density at radius 2 is 2.06 bits per heavy atom. The quantitative estimate of drug-likeness (QED) is 0.457. The van der Waals surface area contributed by atoms with Crippen LogP contribution in [-0.4, -0.2) is 65.3 Å². The Morgan fingerprint density at radius 3 is 2.78 bits per heavy atom. The number of nitrogens with zero attached hydrogens (tertiary/aromatic N) is 7. The summed E-state index contributed by atoms with van der Waals surface area (Å²) in [6.07, 6.45) is 10.2. The van der Waals surface area contributed by atoms with E-state index in [1.165, 1.54) is 4.90 Å². The van der Waals surface area contributed by atoms with Gasteiger partial charge in [0.25, 0.3) is 0 Å². The molecule has 6 rings (SSSR count). The Kier molecular flexibility index (Phi) is 5.73. The van der Waals surface area contributed by atoms with Crippen molar-refractivity contribution in [1.82, 2.24) is 34.4 Å². The topological polar surface area (TPSA) is 111 Å². The third-order valence-corrected chi connectivity index (χ3v) is 6.82. The van der Waals surface area contributed by atoms with E-state index in [9.17, 15) is 9.90 Å². The lowest BCUT2D eigenvalue weighted by Gasteiger charge is -2.23. The van der Waals surface area contributed by atoms with Crippen LogP contribution in [0.15, 0.2) is 48.9 Å². The van der Waals surface area contributed by atoms with E-state index < -0.39 is 6.09 Å². The number of ether oxygens (including phenoxy) is 1. The summed E-state index contributed by atoms with van der Waals surface area (Å²) in [5.74, 6) is 0. The Bertz CT molecular complexity index is 1470. The smallest absolute Gasteiger partial charge is 0.407 e. The number of hydrogen-bond donors (Lipinski definition) is 1. The van der Waals surface area contributed by atoms with Gasteiger partial charge in [0.2, 0.25) is 0 Å². The first-order valence-electron chi connectivity index (χ1n) is 12.2. The predicted molar refractivity (Wildman–Crippen MR) is 134 cm³/mol. The fourth-order valence-corrected chi connectivity index (χ4v) is 4.89. The molecule has 10 nitrogen and oxygen atoms in total. The van der Waals surface area contributed by atoms with Crippen molar-refractivity contribution < 1.29 is 14.6 Å². The third-order valence-electron chi connectivity index (χ3n) is 6.82. The molecule has 4 aromatic heterocycles. The van der Waals surface area contributed by atoms with Crippen LogP contribution in [0.3, 0.4) is 0 Å². The molecule has 10 heteroatoms. The van der Waals surface area contributed by atoms with Gasteiger partial charge in [-0.25, -0.2) is 14.5 Å². The van der Waals surface area contributed by atoms with Gasteiger partial charge in [0.15, 0.2) is 6.23 Å². The molecular formula is C26H27N7O3. The van der Waals surface area contributed by atoms with Crippen molar-refractivity contribution in [3.05, 3.63) is 54.6 Å². The van der Waals surface area contributed by atoms with Gasteiger partial charge >= 0.3 is 6.09 Å². The van der Waals surface area contributed by atoms with Crippen LogP contribution in [0.5, 0.6) is 0 Å². The molecule has 0 aliphatic carbocycles. The van der Waals surface area contributed by atoms with Gasteiger partial charge in [-0.15, -0.1) is 0 Å². The van der Waals surface area contributed by atoms with E-state index in [0.29, 0.717) is 19.5 Å². The zero-order chi connectivity index (χ0) is 24.6. The van der Waals surface area contributed by atoms with Crippen molar-refractivity contribution >= 4 is 22.6 Å². The summed E-state index contributed by atoms with van der Waals surface area (Å²) < 4.78 is 9.77. The van der Waals surface area contributed by atoms with Crippen molar-refractivity contribution in [3.63, 3.8) is 0 Å². The second kappa shape index (κ2) is 9.19. The van der Waals surface area contributed by atoms with E-state index in [2.05, 4.69) is 5.10 Å². The van der Waals surface area contributed by atoms with Crippen LogP contribution in [0.25, 0.3) is 39.1 Å². The zero-order valence-corrected chi connectivity index (χ0v) is 20.0. The lowest BCUT2D eigenvalue weighted by atomic mass is 10.0. The molecule has 184 valence electrons. The minimum absolute atomic E-state index is 0.132. The van der Waals surface area contributed by atoms with Crippen molar-refractivity contribution in [2.24, 2.45) is 7.05 Å². The highest BCUT2D eigenvalue weighted by Gasteiger charge is 2.24. The minimum Gasteiger partial charge on any atom is -0.465 e. The van der Waals surface area contributed by atoms with Crippen molar-refractivity contribution in [2.45, 2.75) is 31.9 Å². The molecule has 4 aromatic rings. The highest BCUT2D eigenvalue weighted by atomic mass is 16.5. The van der Waals surface area contributed by atoms with E-state index >= 15 is 0 Å². The van der Waals surface area contributed by atoms with E-state index in [1.807, 2.05) is 54.5 Å². The monoisotopic (exact) mass is 485 g/mol. The maximum Gasteiger partial charge on any atom is 0.407 e. The lowest BCUT2D eigenvalue weighted by Crippen LogP contribution is -2.33. The summed E-state index contributed by atoms with van der Waals surface area (Å²) in [5, 5.41) is 19.5. The second-order valence-electron chi connectivity index (χ2n) is 9.22. The molecule has 1 fully saturated rings. The molecule has 0 saturated carbocycles. The van der Waals surface area contributed by atoms with Crippen LogP contribution < -0.4 is 0 Å². The average molecular weight is 486 g/mol. The summed E-state index contributed by atoms with van der Waals surface area (Å²) in [5.41, 5.74) is 6.09. The predicted octanol–water partition coefficient (Wildman–Crippen LogP) is 4.36. The lowest BCUT2D eigenvalue weighted by molar-refractivity contribution is -0.0365. The summed E-state index contributed by atoms with van der Waals surface area (Å²) in [4.78, 5) is 22.4. The molecule has 1 unspecified atom stereocenters. The van der Waals surface area contributed by atoms with Crippen LogP contribution in [-0.2, 0) is 11.8 Å². The molecule has 0 aromatic carbocycles. The van der Waals surface area contributed by atoms with Crippen LogP contribution in [0.1, 0.15) is 37.6 Å². The summed E-state index contributed by atoms with van der Waals surface area (Å²) in [7, 11) is 1.89. The van der Waals surface area contributed by atoms with Gasteiger partial charge in [-0.1, -0.05) is 12.1 Å². The first-order chi connectivity index (χ1) is 17.6. The molecule has 2 aliphatic rings. The molecule has 1 amide bonds. The number of hydrogen-bond acceptors (Lipinski definition) is 6. The van der Waals surface area contributed by atoms with Crippen molar-refractivity contribution in [3.8, 4) is 22.6 Å². The number of aromatic nitrogens is 6. The zero-order valence-electron chi connectivity index (χ0n) is 20.0. The third kappa shape index (κ3) is 4.13. The Morgan fingerprint density at radius 1 is 1.17 bits per heavy atom. The SMILES string of the molecule is Cn1cc(-c2cc3c(-c4cccc(C5=CCN(C(=O)O)CC5)n4)nn(C4CCCCO4)c3cn2)cn1. The Labute approximate surface area is 207 Å². The first-order valence-corrected chi connectivity index (χ1v) is 12.2. The molecule has 0 spiro atoms. The highest BCUT2D eigenvalue weighted by Crippen LogP contribution is 2.34. The normalized spacial score (nSPS) is 18.4. The van der Waals surface area contributed by atoms with E-state index in [1.54, 1.807) is 10.9 Å². The van der Waals surface area contributed by atoms with Gasteiger partial charge in [0, 0.05) is 43.9 Å². The van der Waals surface area contributed by atoms with E-state index in [0.717, 1.165) is 70.7 Å².